The van der Waals surface area contributed by atoms with E-state index in [2.05, 4.69) is 20.8 Å². The van der Waals surface area contributed by atoms with E-state index < -0.39 is 23.2 Å². The summed E-state index contributed by atoms with van der Waals surface area (Å²) in [4.78, 5) is 34.0. The Labute approximate surface area is 237 Å². The van der Waals surface area contributed by atoms with Crippen LogP contribution in [0.15, 0.2) is 65.2 Å². The number of carbonyl (C=O) groups is 2. The molecule has 5 rings (SSSR count). The summed E-state index contributed by atoms with van der Waals surface area (Å²) in [7, 11) is 1.73. The van der Waals surface area contributed by atoms with E-state index in [1.165, 1.54) is 23.1 Å². The Morgan fingerprint density at radius 2 is 2.05 bits per heavy atom. The minimum atomic E-state index is -2.62. The third-order valence-corrected chi connectivity index (χ3v) is 7.41. The quantitative estimate of drug-likeness (QED) is 0.417. The summed E-state index contributed by atoms with van der Waals surface area (Å²) in [6.45, 7) is 0.323. The van der Waals surface area contributed by atoms with Crippen molar-refractivity contribution in [3.8, 4) is 0 Å². The number of allylic oxidation sites excluding steroid dienone is 2. The summed E-state index contributed by atoms with van der Waals surface area (Å²) < 4.78 is 26.0. The molecule has 1 fully saturated rings. The van der Waals surface area contributed by atoms with Crippen LogP contribution in [-0.2, 0) is 20.3 Å². The molecule has 1 aliphatic carbocycles. The zero-order valence-electron chi connectivity index (χ0n) is 20.6. The van der Waals surface area contributed by atoms with Crippen LogP contribution in [0.2, 0.25) is 10.0 Å². The van der Waals surface area contributed by atoms with Crippen molar-refractivity contribution in [3.05, 3.63) is 81.4 Å². The second kappa shape index (κ2) is 11.3. The zero-order chi connectivity index (χ0) is 27.7. The number of carbonyl (C=O) groups excluding carboxylic acids is 2. The van der Waals surface area contributed by atoms with Gasteiger partial charge in [-0.25, -0.2) is 0 Å². The number of nitrogens with one attached hydrogen (secondary N) is 2. The topological polar surface area (TPSA) is 136 Å². The van der Waals surface area contributed by atoms with Crippen molar-refractivity contribution in [2.45, 2.75) is 24.8 Å². The van der Waals surface area contributed by atoms with Crippen molar-refractivity contribution < 1.29 is 22.5 Å². The van der Waals surface area contributed by atoms with Gasteiger partial charge >= 0.3 is 11.4 Å². The largest absolute Gasteiger partial charge is 0.361 e. The van der Waals surface area contributed by atoms with Crippen LogP contribution in [0, 0.1) is 0 Å². The fourth-order valence-electron chi connectivity index (χ4n) is 4.38. The Bertz CT molecular complexity index is 1440. The van der Waals surface area contributed by atoms with Crippen LogP contribution < -0.4 is 10.7 Å². The molecule has 11 nitrogen and oxygen atoms in total. The molecule has 1 aromatic heterocycles. The van der Waals surface area contributed by atoms with E-state index in [0.29, 0.717) is 33.8 Å². The van der Waals surface area contributed by atoms with Gasteiger partial charge in [-0.1, -0.05) is 23.2 Å². The maximum atomic E-state index is 13.4. The number of hydrogen-bond acceptors (Lipinski definition) is 8. The fraction of sp³-hybridized carbons (Fsp3) is 0.280. The van der Waals surface area contributed by atoms with Crippen LogP contribution in [0.3, 0.4) is 0 Å². The van der Waals surface area contributed by atoms with Gasteiger partial charge in [0.15, 0.2) is 0 Å². The Hall–Kier alpha value is -3.45. The van der Waals surface area contributed by atoms with E-state index in [1.54, 1.807) is 42.4 Å². The molecule has 3 heterocycles. The molecule has 0 saturated heterocycles. The Balaban J connectivity index is 1.41. The van der Waals surface area contributed by atoms with Crippen molar-refractivity contribution in [1.82, 2.24) is 20.2 Å². The maximum Gasteiger partial charge on any atom is 0.359 e. The lowest BCUT2D eigenvalue weighted by Crippen LogP contribution is -2.40. The zero-order valence-corrected chi connectivity index (χ0v) is 23.0. The SMILES string of the molecule is CN(C(=O)c1cc(Cl)ccc1NC(=O)C1=CC=C(OS(=O)O)N(C2=NNCC2c2ncccc2Cl)C1)C1CC1. The highest BCUT2D eigenvalue weighted by Gasteiger charge is 2.36. The highest BCUT2D eigenvalue weighted by Crippen LogP contribution is 2.32. The van der Waals surface area contributed by atoms with Gasteiger partial charge in [0.25, 0.3) is 11.8 Å². The Morgan fingerprint density at radius 1 is 1.26 bits per heavy atom. The minimum absolute atomic E-state index is 0.0142. The van der Waals surface area contributed by atoms with Crippen molar-refractivity contribution in [1.29, 1.82) is 0 Å². The molecule has 2 atom stereocenters. The Morgan fingerprint density at radius 3 is 2.77 bits per heavy atom. The molecule has 2 amide bonds. The number of amidine groups is 1. The molecule has 0 bridgehead atoms. The normalized spacial score (nSPS) is 19.3. The van der Waals surface area contributed by atoms with E-state index in [0.717, 1.165) is 12.8 Å². The fourth-order valence-corrected chi connectivity index (χ4v) is 5.10. The van der Waals surface area contributed by atoms with E-state index in [-0.39, 0.29) is 35.5 Å². The summed E-state index contributed by atoms with van der Waals surface area (Å²) in [5, 5.41) is 7.96. The number of rotatable bonds is 7. The molecule has 2 unspecified atom stereocenters. The highest BCUT2D eigenvalue weighted by atomic mass is 35.5. The molecular weight excluding hydrogens is 567 g/mol. The van der Waals surface area contributed by atoms with Crippen LogP contribution in [0.4, 0.5) is 5.69 Å². The second-order valence-electron chi connectivity index (χ2n) is 9.13. The Kier molecular flexibility index (Phi) is 7.89. The average molecular weight is 591 g/mol. The molecule has 1 saturated carbocycles. The van der Waals surface area contributed by atoms with Crippen LogP contribution in [0.5, 0.6) is 0 Å². The molecular formula is C25H24Cl2N6O5S. The number of aromatic nitrogens is 1. The molecule has 2 aliphatic heterocycles. The van der Waals surface area contributed by atoms with Gasteiger partial charge in [-0.05, 0) is 49.2 Å². The summed E-state index contributed by atoms with van der Waals surface area (Å²) in [6, 6.07) is 8.29. The molecule has 3 N–H and O–H groups in total. The first kappa shape index (κ1) is 27.1. The van der Waals surface area contributed by atoms with Gasteiger partial charge in [0, 0.05) is 42.5 Å². The first-order chi connectivity index (χ1) is 18.7. The molecule has 2 aromatic rings. The van der Waals surface area contributed by atoms with Crippen LogP contribution in [0.1, 0.15) is 34.8 Å². The van der Waals surface area contributed by atoms with Crippen molar-refractivity contribution in [3.63, 3.8) is 0 Å². The van der Waals surface area contributed by atoms with Gasteiger partial charge in [0.05, 0.1) is 34.4 Å². The van der Waals surface area contributed by atoms with Crippen LogP contribution in [-0.4, -0.2) is 67.4 Å². The van der Waals surface area contributed by atoms with E-state index >= 15 is 0 Å². The number of amides is 2. The lowest BCUT2D eigenvalue weighted by atomic mass is 10.0. The lowest BCUT2D eigenvalue weighted by molar-refractivity contribution is -0.113. The number of hydrazone groups is 1. The third-order valence-electron chi connectivity index (χ3n) is 6.54. The molecule has 204 valence electrons. The maximum absolute atomic E-state index is 13.4. The number of pyridine rings is 1. The van der Waals surface area contributed by atoms with Crippen molar-refractivity contribution >= 4 is 57.9 Å². The van der Waals surface area contributed by atoms with Gasteiger partial charge < -0.3 is 19.8 Å². The van der Waals surface area contributed by atoms with Gasteiger partial charge in [0.2, 0.25) is 5.88 Å². The molecule has 0 radical (unpaired) electrons. The molecule has 0 spiro atoms. The van der Waals surface area contributed by atoms with Crippen molar-refractivity contribution in [2.75, 3.05) is 25.5 Å². The summed E-state index contributed by atoms with van der Waals surface area (Å²) in [6.07, 6.45) is 6.36. The summed E-state index contributed by atoms with van der Waals surface area (Å²) in [5.74, 6) is -0.722. The summed E-state index contributed by atoms with van der Waals surface area (Å²) >= 11 is 9.93. The smallest absolute Gasteiger partial charge is 0.359 e. The van der Waals surface area contributed by atoms with Gasteiger partial charge in [-0.15, -0.1) is 0 Å². The highest BCUT2D eigenvalue weighted by molar-refractivity contribution is 7.74. The first-order valence-electron chi connectivity index (χ1n) is 12.0. The van der Waals surface area contributed by atoms with Crippen LogP contribution in [0.25, 0.3) is 0 Å². The van der Waals surface area contributed by atoms with Crippen molar-refractivity contribution in [2.24, 2.45) is 5.10 Å². The third kappa shape index (κ3) is 5.93. The number of halogens is 2. The second-order valence-corrected chi connectivity index (χ2v) is 10.6. The predicted molar refractivity (Wildman–Crippen MR) is 147 cm³/mol. The molecule has 1 aromatic carbocycles. The van der Waals surface area contributed by atoms with Gasteiger partial charge in [-0.3, -0.25) is 24.0 Å². The number of nitrogens with zero attached hydrogens (tertiary/aromatic N) is 4. The van der Waals surface area contributed by atoms with E-state index in [9.17, 15) is 18.4 Å². The summed E-state index contributed by atoms with van der Waals surface area (Å²) in [5.41, 5.74) is 4.34. The van der Waals surface area contributed by atoms with Gasteiger partial charge in [0.1, 0.15) is 5.84 Å². The predicted octanol–water partition coefficient (Wildman–Crippen LogP) is 3.50. The standard InChI is InChI=1S/C25H24Cl2N6O5S/c1-32(16-6-7-16)25(35)17-11-15(26)5-8-20(17)30-24(34)14-4-9-21(38-39(36)37)33(13-14)23-18(12-29-31-23)22-19(27)3-2-10-28-22/h2-5,8-11,16,18,29H,6-7,12-13H2,1H3,(H,30,34)(H,36,37). The number of hydrogen-bond donors (Lipinski definition) is 3. The lowest BCUT2D eigenvalue weighted by Gasteiger charge is -2.30. The minimum Gasteiger partial charge on any atom is -0.361 e. The number of benzene rings is 1. The molecule has 39 heavy (non-hydrogen) atoms. The van der Waals surface area contributed by atoms with Gasteiger partial charge in [-0.2, -0.15) is 9.31 Å². The number of anilines is 1. The van der Waals surface area contributed by atoms with E-state index in [4.69, 9.17) is 27.4 Å². The monoisotopic (exact) mass is 590 g/mol. The van der Waals surface area contributed by atoms with Crippen LogP contribution >= 0.6 is 23.2 Å². The molecule has 14 heteroatoms. The van der Waals surface area contributed by atoms with E-state index in [1.807, 2.05) is 0 Å². The molecule has 3 aliphatic rings. The average Bonchev–Trinajstić information content (AvgIpc) is 3.66. The first-order valence-corrected chi connectivity index (χ1v) is 13.8.